The number of hydrogen-bond donors (Lipinski definition) is 2. The molecule has 2 rings (SSSR count). The largest absolute Gasteiger partial charge is 0.394 e. The van der Waals surface area contributed by atoms with Crippen molar-refractivity contribution >= 4 is 10.0 Å². The molecule has 0 fully saturated rings. The monoisotopic (exact) mass is 353 g/mol. The zero-order valence-electron chi connectivity index (χ0n) is 13.3. The van der Waals surface area contributed by atoms with Crippen LogP contribution in [0.3, 0.4) is 0 Å². The molecule has 0 aliphatic heterocycles. The van der Waals surface area contributed by atoms with Crippen LogP contribution in [0, 0.1) is 12.7 Å². The van der Waals surface area contributed by atoms with Gasteiger partial charge in [0.15, 0.2) is 0 Å². The molecule has 0 saturated heterocycles. The van der Waals surface area contributed by atoms with Gasteiger partial charge < -0.3 is 9.84 Å². The van der Waals surface area contributed by atoms with Crippen LogP contribution in [0.4, 0.5) is 4.39 Å². The van der Waals surface area contributed by atoms with Crippen LogP contribution in [0.2, 0.25) is 0 Å². The number of rotatable bonds is 8. The lowest BCUT2D eigenvalue weighted by molar-refractivity contribution is 0.0309. The maximum Gasteiger partial charge on any atom is 0.240 e. The molecule has 130 valence electrons. The van der Waals surface area contributed by atoms with E-state index >= 15 is 0 Å². The summed E-state index contributed by atoms with van der Waals surface area (Å²) in [5, 5.41) is 8.94. The van der Waals surface area contributed by atoms with Gasteiger partial charge in [-0.15, -0.1) is 0 Å². The highest BCUT2D eigenvalue weighted by molar-refractivity contribution is 7.89. The minimum Gasteiger partial charge on any atom is -0.394 e. The molecule has 5 nitrogen and oxygen atoms in total. The fourth-order valence-electron chi connectivity index (χ4n) is 2.15. The third-order valence-corrected chi connectivity index (χ3v) is 4.85. The minimum absolute atomic E-state index is 0.0259. The van der Waals surface area contributed by atoms with E-state index in [2.05, 4.69) is 4.72 Å². The van der Waals surface area contributed by atoms with Crippen LogP contribution in [0.1, 0.15) is 17.2 Å². The number of ether oxygens (including phenoxy) is 1. The Labute approximate surface area is 141 Å². The summed E-state index contributed by atoms with van der Waals surface area (Å²) >= 11 is 0. The molecule has 0 radical (unpaired) electrons. The zero-order chi connectivity index (χ0) is 17.6. The van der Waals surface area contributed by atoms with Crippen molar-refractivity contribution in [2.75, 3.05) is 19.8 Å². The van der Waals surface area contributed by atoms with E-state index in [0.717, 1.165) is 17.2 Å². The lowest BCUT2D eigenvalue weighted by Gasteiger charge is -2.19. The Morgan fingerprint density at radius 3 is 2.54 bits per heavy atom. The number of aliphatic hydroxyl groups is 1. The molecular weight excluding hydrogens is 333 g/mol. The molecule has 0 heterocycles. The molecular formula is C17H20FNO4S. The highest BCUT2D eigenvalue weighted by atomic mass is 32.2. The standard InChI is InChI=1S/C17H20FNO4S/c1-13-5-7-14(8-6-13)17(23-10-9-20)12-19-24(21,22)16-4-2-3-15(18)11-16/h2-8,11,17,19-20H,9-10,12H2,1H3. The predicted molar refractivity (Wildman–Crippen MR) is 88.5 cm³/mol. The fourth-order valence-corrected chi connectivity index (χ4v) is 3.21. The van der Waals surface area contributed by atoms with Crippen LogP contribution in [-0.4, -0.2) is 33.3 Å². The molecule has 7 heteroatoms. The highest BCUT2D eigenvalue weighted by Gasteiger charge is 2.19. The SMILES string of the molecule is Cc1ccc(C(CNS(=O)(=O)c2cccc(F)c2)OCCO)cc1. The molecule has 0 aromatic heterocycles. The predicted octanol–water partition coefficient (Wildman–Crippen LogP) is 2.16. The lowest BCUT2D eigenvalue weighted by Crippen LogP contribution is -2.30. The first-order valence-electron chi connectivity index (χ1n) is 7.46. The number of sulfonamides is 1. The minimum atomic E-state index is -3.85. The summed E-state index contributed by atoms with van der Waals surface area (Å²) in [7, 11) is -3.85. The van der Waals surface area contributed by atoms with Crippen LogP contribution in [-0.2, 0) is 14.8 Å². The molecule has 0 spiro atoms. The Hall–Kier alpha value is -1.80. The topological polar surface area (TPSA) is 75.6 Å². The van der Waals surface area contributed by atoms with Gasteiger partial charge in [-0.1, -0.05) is 35.9 Å². The molecule has 2 N–H and O–H groups in total. The Bertz CT molecular complexity index is 762. The smallest absolute Gasteiger partial charge is 0.240 e. The quantitative estimate of drug-likeness (QED) is 0.763. The normalized spacial score (nSPS) is 13.0. The van der Waals surface area contributed by atoms with Crippen LogP contribution in [0.5, 0.6) is 0 Å². The second-order valence-corrected chi connectivity index (χ2v) is 7.07. The molecule has 1 unspecified atom stereocenters. The van der Waals surface area contributed by atoms with Crippen molar-refractivity contribution in [1.29, 1.82) is 0 Å². The van der Waals surface area contributed by atoms with Gasteiger partial charge in [0.05, 0.1) is 24.2 Å². The number of nitrogens with one attached hydrogen (secondary N) is 1. The van der Waals surface area contributed by atoms with E-state index in [1.54, 1.807) is 0 Å². The van der Waals surface area contributed by atoms with Crippen LogP contribution in [0.15, 0.2) is 53.4 Å². The van der Waals surface area contributed by atoms with E-state index in [1.165, 1.54) is 18.2 Å². The van der Waals surface area contributed by atoms with Crippen molar-refractivity contribution in [3.05, 3.63) is 65.5 Å². The maximum absolute atomic E-state index is 13.2. The summed E-state index contributed by atoms with van der Waals surface area (Å²) in [5.41, 5.74) is 1.86. The van der Waals surface area contributed by atoms with Crippen molar-refractivity contribution in [1.82, 2.24) is 4.72 Å². The van der Waals surface area contributed by atoms with Crippen molar-refractivity contribution in [2.24, 2.45) is 0 Å². The summed E-state index contributed by atoms with van der Waals surface area (Å²) in [6, 6.07) is 12.3. The van der Waals surface area contributed by atoms with Crippen LogP contribution in [0.25, 0.3) is 0 Å². The molecule has 1 atom stereocenters. The Morgan fingerprint density at radius 1 is 1.21 bits per heavy atom. The average molecular weight is 353 g/mol. The Kier molecular flexibility index (Phi) is 6.44. The van der Waals surface area contributed by atoms with Gasteiger partial charge in [0.1, 0.15) is 5.82 Å². The summed E-state index contributed by atoms with van der Waals surface area (Å²) in [4.78, 5) is -0.146. The highest BCUT2D eigenvalue weighted by Crippen LogP contribution is 2.19. The van der Waals surface area contributed by atoms with Crippen molar-refractivity contribution < 1.29 is 22.7 Å². The summed E-state index contributed by atoms with van der Waals surface area (Å²) in [6.45, 7) is 1.83. The van der Waals surface area contributed by atoms with Gasteiger partial charge in [0, 0.05) is 6.54 Å². The first kappa shape index (κ1) is 18.5. The summed E-state index contributed by atoms with van der Waals surface area (Å²) in [5.74, 6) is -0.621. The Balaban J connectivity index is 2.13. The Morgan fingerprint density at radius 2 is 1.92 bits per heavy atom. The molecule has 0 amide bonds. The molecule has 2 aromatic rings. The maximum atomic E-state index is 13.2. The average Bonchev–Trinajstić information content (AvgIpc) is 2.56. The van der Waals surface area contributed by atoms with E-state index in [0.29, 0.717) is 0 Å². The number of aryl methyl sites for hydroxylation is 1. The van der Waals surface area contributed by atoms with Gasteiger partial charge >= 0.3 is 0 Å². The molecule has 24 heavy (non-hydrogen) atoms. The van der Waals surface area contributed by atoms with Gasteiger partial charge in [-0.25, -0.2) is 17.5 Å². The van der Waals surface area contributed by atoms with Crippen LogP contribution >= 0.6 is 0 Å². The molecule has 0 saturated carbocycles. The van der Waals surface area contributed by atoms with Crippen LogP contribution < -0.4 is 4.72 Å². The van der Waals surface area contributed by atoms with E-state index < -0.39 is 21.9 Å². The number of benzene rings is 2. The second kappa shape index (κ2) is 8.34. The van der Waals surface area contributed by atoms with Gasteiger partial charge in [-0.2, -0.15) is 0 Å². The number of hydrogen-bond acceptors (Lipinski definition) is 4. The number of halogens is 1. The van der Waals surface area contributed by atoms with Crippen molar-refractivity contribution in [3.8, 4) is 0 Å². The van der Waals surface area contributed by atoms with Crippen molar-refractivity contribution in [3.63, 3.8) is 0 Å². The molecule has 0 aliphatic rings. The fraction of sp³-hybridized carbons (Fsp3) is 0.294. The lowest BCUT2D eigenvalue weighted by atomic mass is 10.1. The molecule has 0 aliphatic carbocycles. The summed E-state index contributed by atoms with van der Waals surface area (Å²) < 4.78 is 45.7. The van der Waals surface area contributed by atoms with E-state index in [-0.39, 0.29) is 24.7 Å². The third-order valence-electron chi connectivity index (χ3n) is 3.42. The second-order valence-electron chi connectivity index (χ2n) is 5.30. The van der Waals surface area contributed by atoms with Gasteiger partial charge in [0.2, 0.25) is 10.0 Å². The van der Waals surface area contributed by atoms with Crippen molar-refractivity contribution in [2.45, 2.75) is 17.9 Å². The van der Waals surface area contributed by atoms with E-state index in [9.17, 15) is 12.8 Å². The van der Waals surface area contributed by atoms with Gasteiger partial charge in [-0.3, -0.25) is 0 Å². The van der Waals surface area contributed by atoms with E-state index in [1.807, 2.05) is 31.2 Å². The zero-order valence-corrected chi connectivity index (χ0v) is 14.1. The molecule has 0 bridgehead atoms. The van der Waals surface area contributed by atoms with Gasteiger partial charge in [0.25, 0.3) is 0 Å². The first-order valence-corrected chi connectivity index (χ1v) is 8.95. The number of aliphatic hydroxyl groups excluding tert-OH is 1. The first-order chi connectivity index (χ1) is 11.4. The third kappa shape index (κ3) is 5.10. The summed E-state index contributed by atoms with van der Waals surface area (Å²) in [6.07, 6.45) is -0.555. The molecule has 2 aromatic carbocycles. The van der Waals surface area contributed by atoms with E-state index in [4.69, 9.17) is 9.84 Å². The van der Waals surface area contributed by atoms with Gasteiger partial charge in [-0.05, 0) is 30.7 Å².